The molecule has 1 spiro atoms. The second kappa shape index (κ2) is 12.5. The summed E-state index contributed by atoms with van der Waals surface area (Å²) in [5, 5.41) is 19.7. The van der Waals surface area contributed by atoms with Crippen molar-refractivity contribution in [2.24, 2.45) is 0 Å². The summed E-state index contributed by atoms with van der Waals surface area (Å²) in [6.45, 7) is 7.78. The van der Waals surface area contributed by atoms with Gasteiger partial charge in [-0.3, -0.25) is 9.05 Å². The van der Waals surface area contributed by atoms with Crippen LogP contribution in [0.15, 0.2) is 66.7 Å². The van der Waals surface area contributed by atoms with Crippen LogP contribution in [0.2, 0.25) is 0 Å². The Morgan fingerprint density at radius 1 is 0.886 bits per heavy atom. The average Bonchev–Trinajstić information content (AvgIpc) is 3.25. The zero-order valence-corrected chi connectivity index (χ0v) is 26.6. The first kappa shape index (κ1) is 31.4. The molecule has 0 bridgehead atoms. The van der Waals surface area contributed by atoms with Crippen molar-refractivity contribution < 1.29 is 38.1 Å². The summed E-state index contributed by atoms with van der Waals surface area (Å²) in [7, 11) is 0. The van der Waals surface area contributed by atoms with Crippen molar-refractivity contribution in [1.82, 2.24) is 9.97 Å². The minimum atomic E-state index is -2.77. The van der Waals surface area contributed by atoms with E-state index in [1.54, 1.807) is 30.3 Å². The van der Waals surface area contributed by atoms with Crippen LogP contribution in [0, 0.1) is 6.92 Å². The number of carbonyl (C=O) groups is 1. The summed E-state index contributed by atoms with van der Waals surface area (Å²) in [6.07, 6.45) is 0. The molecule has 0 fully saturated rings. The Morgan fingerprint density at radius 2 is 1.48 bits per heavy atom. The topological polar surface area (TPSA) is 129 Å². The van der Waals surface area contributed by atoms with Gasteiger partial charge in [0.15, 0.2) is 5.60 Å². The molecule has 2 aliphatic rings. The van der Waals surface area contributed by atoms with Crippen LogP contribution in [-0.2, 0) is 31.2 Å². The van der Waals surface area contributed by atoms with E-state index in [2.05, 4.69) is 9.97 Å². The van der Waals surface area contributed by atoms with Crippen LogP contribution in [0.25, 0.3) is 0 Å². The van der Waals surface area contributed by atoms with E-state index in [0.29, 0.717) is 52.8 Å². The molecule has 0 unspecified atom stereocenters. The summed E-state index contributed by atoms with van der Waals surface area (Å²) in [4.78, 5) is 21.2. The van der Waals surface area contributed by atoms with Gasteiger partial charge in [-0.1, -0.05) is 32.0 Å². The molecule has 230 valence electrons. The Bertz CT molecular complexity index is 1700. The van der Waals surface area contributed by atoms with Crippen LogP contribution in [0.1, 0.15) is 72.2 Å². The standard InChI is InChI=1S/C20H12O5.C12H21N2O3PS/c21-11-5-7-15-17(9-11)24-18-10-12(22)6-8-16(18)20(15)14-4-2-1-3-13(14)19(23)25-20;1-6-15-18(19,16-7-2)17-11-8-10(5)13-12(14-11)9(3)4/h1-10,21-22H;8-9H,6-7H2,1-5H3. The second-order valence-electron chi connectivity index (χ2n) is 10.3. The van der Waals surface area contributed by atoms with Gasteiger partial charge >= 0.3 is 12.7 Å². The number of ether oxygens (including phenoxy) is 2. The zero-order chi connectivity index (χ0) is 31.6. The van der Waals surface area contributed by atoms with E-state index in [9.17, 15) is 15.0 Å². The maximum atomic E-state index is 12.5. The highest BCUT2D eigenvalue weighted by Crippen LogP contribution is 2.57. The highest BCUT2D eigenvalue weighted by molar-refractivity contribution is 8.07. The molecule has 4 aromatic rings. The lowest BCUT2D eigenvalue weighted by atomic mass is 9.77. The molecule has 3 heterocycles. The molecule has 12 heteroatoms. The van der Waals surface area contributed by atoms with E-state index in [1.165, 1.54) is 24.3 Å². The number of carbonyl (C=O) groups excluding carboxylic acids is 1. The number of aromatic hydroxyl groups is 2. The van der Waals surface area contributed by atoms with Crippen LogP contribution < -0.4 is 9.26 Å². The minimum absolute atomic E-state index is 0.0371. The fourth-order valence-corrected chi connectivity index (χ4v) is 7.04. The van der Waals surface area contributed by atoms with Gasteiger partial charge in [0.05, 0.1) is 18.8 Å². The molecular formula is C32H33N2O8PS. The minimum Gasteiger partial charge on any atom is -0.508 e. The first-order valence-electron chi connectivity index (χ1n) is 14.1. The number of rotatable bonds is 7. The maximum absolute atomic E-state index is 12.5. The van der Waals surface area contributed by atoms with Crippen molar-refractivity contribution in [1.29, 1.82) is 0 Å². The van der Waals surface area contributed by atoms with E-state index in [1.807, 2.05) is 46.8 Å². The predicted molar refractivity (Wildman–Crippen MR) is 167 cm³/mol. The Hall–Kier alpha value is -4.02. The molecule has 3 aromatic carbocycles. The monoisotopic (exact) mass is 636 g/mol. The Balaban J connectivity index is 0.000000183. The number of phenols is 2. The van der Waals surface area contributed by atoms with Crippen molar-refractivity contribution in [2.45, 2.75) is 46.1 Å². The summed E-state index contributed by atoms with van der Waals surface area (Å²) in [6, 6.07) is 18.3. The molecule has 2 aliphatic heterocycles. The van der Waals surface area contributed by atoms with Gasteiger partial charge in [-0.05, 0) is 51.1 Å². The van der Waals surface area contributed by atoms with E-state index in [0.717, 1.165) is 11.5 Å². The number of hydrogen-bond acceptors (Lipinski definition) is 11. The van der Waals surface area contributed by atoms with Crippen LogP contribution in [0.5, 0.6) is 28.9 Å². The highest BCUT2D eigenvalue weighted by atomic mass is 32.5. The van der Waals surface area contributed by atoms with Gasteiger partial charge < -0.3 is 24.2 Å². The molecule has 1 aromatic heterocycles. The lowest BCUT2D eigenvalue weighted by Gasteiger charge is -2.36. The zero-order valence-electron chi connectivity index (χ0n) is 24.9. The highest BCUT2D eigenvalue weighted by Gasteiger charge is 2.53. The molecular weight excluding hydrogens is 603 g/mol. The molecule has 0 saturated carbocycles. The molecule has 6 rings (SSSR count). The van der Waals surface area contributed by atoms with Crippen molar-refractivity contribution >= 4 is 24.5 Å². The SMILES string of the molecule is CCOP(=S)(OCC)Oc1cc(C)nc(C(C)C)n1.O=C1OC2(c3ccc(O)cc3Oc3cc(O)ccc32)c2ccccc21. The summed E-state index contributed by atoms with van der Waals surface area (Å²) < 4.78 is 28.3. The quantitative estimate of drug-likeness (QED) is 0.157. The third-order valence-corrected chi connectivity index (χ3v) is 9.24. The Kier molecular flexibility index (Phi) is 8.95. The van der Waals surface area contributed by atoms with Crippen molar-refractivity contribution in [3.8, 4) is 28.9 Å². The van der Waals surface area contributed by atoms with E-state index in [-0.39, 0.29) is 17.4 Å². The number of nitrogens with zero attached hydrogens (tertiary/aromatic N) is 2. The average molecular weight is 637 g/mol. The maximum Gasteiger partial charge on any atom is 0.381 e. The normalized spacial score (nSPS) is 14.1. The van der Waals surface area contributed by atoms with E-state index >= 15 is 0 Å². The van der Waals surface area contributed by atoms with Crippen LogP contribution in [0.3, 0.4) is 0 Å². The number of hydrogen-bond donors (Lipinski definition) is 2. The first-order chi connectivity index (χ1) is 21.0. The van der Waals surface area contributed by atoms with Gasteiger partial charge in [-0.15, -0.1) is 0 Å². The number of benzene rings is 3. The van der Waals surface area contributed by atoms with Crippen molar-refractivity contribution in [3.05, 3.63) is 101 Å². The van der Waals surface area contributed by atoms with Gasteiger partial charge in [-0.2, -0.15) is 4.98 Å². The lowest BCUT2D eigenvalue weighted by molar-refractivity contribution is 0.0224. The van der Waals surface area contributed by atoms with Crippen LogP contribution in [-0.4, -0.2) is 39.4 Å². The molecule has 0 radical (unpaired) electrons. The predicted octanol–water partition coefficient (Wildman–Crippen LogP) is 7.25. The fourth-order valence-electron chi connectivity index (χ4n) is 5.04. The van der Waals surface area contributed by atoms with Crippen molar-refractivity contribution in [2.75, 3.05) is 13.2 Å². The fraction of sp³-hybridized carbons (Fsp3) is 0.281. The smallest absolute Gasteiger partial charge is 0.381 e. The van der Waals surface area contributed by atoms with Gasteiger partial charge in [0.25, 0.3) is 0 Å². The van der Waals surface area contributed by atoms with Gasteiger partial charge in [0, 0.05) is 58.3 Å². The Labute approximate surface area is 260 Å². The Morgan fingerprint density at radius 3 is 2.05 bits per heavy atom. The molecule has 0 aliphatic carbocycles. The van der Waals surface area contributed by atoms with Crippen LogP contribution >= 0.6 is 6.72 Å². The van der Waals surface area contributed by atoms with Crippen molar-refractivity contribution in [3.63, 3.8) is 0 Å². The summed E-state index contributed by atoms with van der Waals surface area (Å²) in [5.74, 6) is 1.77. The summed E-state index contributed by atoms with van der Waals surface area (Å²) >= 11 is 5.32. The number of phenolic OH excluding ortho intramolecular Hbond substituents is 2. The summed E-state index contributed by atoms with van der Waals surface area (Å²) in [5.41, 5.74) is 2.12. The molecule has 0 amide bonds. The van der Waals surface area contributed by atoms with Crippen LogP contribution in [0.4, 0.5) is 0 Å². The number of aryl methyl sites for hydroxylation is 1. The molecule has 10 nitrogen and oxygen atoms in total. The lowest BCUT2D eigenvalue weighted by Crippen LogP contribution is -2.32. The second-order valence-corrected chi connectivity index (χ2v) is 13.2. The first-order valence-corrected chi connectivity index (χ1v) is 16.7. The molecule has 2 N–H and O–H groups in total. The number of esters is 1. The van der Waals surface area contributed by atoms with Gasteiger partial charge in [-0.25, -0.2) is 9.78 Å². The van der Waals surface area contributed by atoms with E-state index in [4.69, 9.17) is 34.9 Å². The van der Waals surface area contributed by atoms with Gasteiger partial charge in [0.1, 0.15) is 28.8 Å². The molecule has 0 atom stereocenters. The largest absolute Gasteiger partial charge is 0.508 e. The number of fused-ring (bicyclic) bond motifs is 6. The third-order valence-electron chi connectivity index (χ3n) is 6.83. The molecule has 0 saturated heterocycles. The number of aromatic nitrogens is 2. The molecule has 44 heavy (non-hydrogen) atoms. The van der Waals surface area contributed by atoms with E-state index < -0.39 is 18.3 Å². The third kappa shape index (κ3) is 6.01. The van der Waals surface area contributed by atoms with Gasteiger partial charge in [0.2, 0.25) is 5.88 Å².